The molecular weight excluding hydrogens is 141 g/mol. The Balaban J connectivity index is 0. The van der Waals surface area contributed by atoms with Gasteiger partial charge in [0.1, 0.15) is 0 Å². The molecule has 0 aliphatic rings. The van der Waals surface area contributed by atoms with Gasteiger partial charge in [0.2, 0.25) is 0 Å². The summed E-state index contributed by atoms with van der Waals surface area (Å²) in [7, 11) is 2.06. The Kier molecular flexibility index (Phi) is 20.0. The van der Waals surface area contributed by atoms with Gasteiger partial charge in [0.15, 0.2) is 0 Å². The molecule has 0 amide bonds. The van der Waals surface area contributed by atoms with Crippen LogP contribution in [0, 0.1) is 0 Å². The Hall–Kier alpha value is 0.977. The second kappa shape index (κ2) is 9.02. The van der Waals surface area contributed by atoms with Crippen molar-refractivity contribution in [1.29, 1.82) is 0 Å². The zero-order valence-corrected chi connectivity index (χ0v) is 6.12. The first-order chi connectivity index (χ1) is 1.41. The van der Waals surface area contributed by atoms with Crippen LogP contribution >= 0.6 is 0 Å². The summed E-state index contributed by atoms with van der Waals surface area (Å²) in [5.74, 6) is 0. The Morgan fingerprint density at radius 1 is 1.75 bits per heavy atom. The van der Waals surface area contributed by atoms with Crippen molar-refractivity contribution < 1.29 is 0 Å². The third-order valence-corrected chi connectivity index (χ3v) is 0. The third kappa shape index (κ3) is 12.2. The SMILES string of the molecule is C[SiH2][SiH3].[GeH4]. The van der Waals surface area contributed by atoms with Crippen LogP contribution in [-0.4, -0.2) is 36.4 Å². The molecule has 0 aromatic heterocycles. The molecule has 4 heavy (non-hydrogen) atoms. The predicted molar refractivity (Wildman–Crippen MR) is 35.7 cm³/mol. The van der Waals surface area contributed by atoms with Crippen LogP contribution in [0.25, 0.3) is 0 Å². The standard InChI is InChI=1S/CH8Si2.GeH4/c1-3-2;/h3H2,1-2H3;1H4. The molecule has 0 aliphatic heterocycles. The van der Waals surface area contributed by atoms with E-state index in [2.05, 4.69) is 6.55 Å². The molecule has 0 spiro atoms. The minimum atomic E-state index is 0. The van der Waals surface area contributed by atoms with Gasteiger partial charge in [0, 0.05) is 9.04 Å². The van der Waals surface area contributed by atoms with Crippen LogP contribution in [0.3, 0.4) is 0 Å². The van der Waals surface area contributed by atoms with Crippen molar-refractivity contribution in [2.24, 2.45) is 0 Å². The van der Waals surface area contributed by atoms with E-state index in [1.54, 1.807) is 0 Å². The van der Waals surface area contributed by atoms with Crippen molar-refractivity contribution in [3.05, 3.63) is 0 Å². The van der Waals surface area contributed by atoms with E-state index < -0.39 is 0 Å². The second-order valence-corrected chi connectivity index (χ2v) is 6.36. The quantitative estimate of drug-likeness (QED) is 0.326. The van der Waals surface area contributed by atoms with E-state index in [0.29, 0.717) is 9.04 Å². The van der Waals surface area contributed by atoms with Gasteiger partial charge in [-0.05, 0) is 9.76 Å². The molecule has 0 fully saturated rings. The fourth-order valence-corrected chi connectivity index (χ4v) is 0. The molecule has 0 heterocycles. The fraction of sp³-hybridized carbons (Fsp3) is 1.00. The topological polar surface area (TPSA) is 0 Å². The molecule has 28 valence electrons. The fourth-order valence-electron chi connectivity index (χ4n) is 0. The van der Waals surface area contributed by atoms with Crippen LogP contribution in [-0.2, 0) is 0 Å². The van der Waals surface area contributed by atoms with Gasteiger partial charge in [-0.1, -0.05) is 6.55 Å². The van der Waals surface area contributed by atoms with Crippen molar-refractivity contribution in [2.75, 3.05) is 0 Å². The van der Waals surface area contributed by atoms with Crippen molar-refractivity contribution >= 4 is 36.4 Å². The summed E-state index contributed by atoms with van der Waals surface area (Å²) in [6, 6.07) is 0. The van der Waals surface area contributed by atoms with E-state index in [4.69, 9.17) is 0 Å². The molecule has 0 unspecified atom stereocenters. The normalized spacial score (nSPS) is 8.25. The molecule has 0 radical (unpaired) electrons. The zero-order valence-electron chi connectivity index (χ0n) is 2.71. The van der Waals surface area contributed by atoms with Gasteiger partial charge in [-0.25, -0.2) is 0 Å². The summed E-state index contributed by atoms with van der Waals surface area (Å²) in [5.41, 5.74) is 0. The molecule has 0 atom stereocenters. The number of hydrogen-bond acceptors (Lipinski definition) is 0. The van der Waals surface area contributed by atoms with Gasteiger partial charge in [0.25, 0.3) is 0 Å². The summed E-state index contributed by atoms with van der Waals surface area (Å²) >= 11 is 0. The van der Waals surface area contributed by atoms with Crippen molar-refractivity contribution in [3.63, 3.8) is 0 Å². The molecule has 0 aromatic rings. The van der Waals surface area contributed by atoms with Crippen LogP contribution in [0.15, 0.2) is 0 Å². The van der Waals surface area contributed by atoms with E-state index in [9.17, 15) is 0 Å². The molecular formula is CH12GeSi2. The molecule has 0 aromatic carbocycles. The maximum atomic E-state index is 2.33. The summed E-state index contributed by atoms with van der Waals surface area (Å²) in [6.07, 6.45) is 0. The molecule has 0 bridgehead atoms. The van der Waals surface area contributed by atoms with Crippen molar-refractivity contribution in [1.82, 2.24) is 0 Å². The van der Waals surface area contributed by atoms with Crippen LogP contribution in [0.2, 0.25) is 6.55 Å². The Morgan fingerprint density at radius 2 is 1.75 bits per heavy atom. The molecule has 0 N–H and O–H groups in total. The summed E-state index contributed by atoms with van der Waals surface area (Å²) in [4.78, 5) is 0. The number of hydrogen-bond donors (Lipinski definition) is 0. The Labute approximate surface area is 43.4 Å². The average molecular weight is 153 g/mol. The summed E-state index contributed by atoms with van der Waals surface area (Å²) < 4.78 is 0. The molecule has 3 heteroatoms. The second-order valence-electron chi connectivity index (χ2n) is 0.707. The Bertz CT molecular complexity index is 6.00. The maximum absolute atomic E-state index is 2.33. The van der Waals surface area contributed by atoms with Gasteiger partial charge in [-0.3, -0.25) is 0 Å². The van der Waals surface area contributed by atoms with Gasteiger partial charge in [-0.2, -0.15) is 0 Å². The van der Waals surface area contributed by atoms with Crippen molar-refractivity contribution in [3.8, 4) is 0 Å². The molecule has 0 rings (SSSR count). The van der Waals surface area contributed by atoms with E-state index in [0.717, 1.165) is 0 Å². The summed E-state index contributed by atoms with van der Waals surface area (Å²) in [5, 5.41) is 0. The molecule has 0 nitrogen and oxygen atoms in total. The third-order valence-electron chi connectivity index (χ3n) is 0. The monoisotopic (exact) mass is 154 g/mol. The van der Waals surface area contributed by atoms with Crippen LogP contribution in [0.5, 0.6) is 0 Å². The van der Waals surface area contributed by atoms with E-state index >= 15 is 0 Å². The zero-order chi connectivity index (χ0) is 2.71. The molecule has 0 saturated carbocycles. The van der Waals surface area contributed by atoms with Gasteiger partial charge >= 0.3 is 17.6 Å². The van der Waals surface area contributed by atoms with Crippen LogP contribution < -0.4 is 0 Å². The predicted octanol–water partition coefficient (Wildman–Crippen LogP) is -2.97. The van der Waals surface area contributed by atoms with Crippen LogP contribution in [0.1, 0.15) is 0 Å². The number of rotatable bonds is 0. The first-order valence-electron chi connectivity index (χ1n) is 1.41. The molecule has 0 saturated heterocycles. The summed E-state index contributed by atoms with van der Waals surface area (Å²) in [6.45, 7) is 2.33. The van der Waals surface area contributed by atoms with E-state index in [1.807, 2.05) is 0 Å². The van der Waals surface area contributed by atoms with Gasteiger partial charge < -0.3 is 0 Å². The van der Waals surface area contributed by atoms with Crippen LogP contribution in [0.4, 0.5) is 0 Å². The van der Waals surface area contributed by atoms with E-state index in [1.165, 1.54) is 9.76 Å². The first-order valence-corrected chi connectivity index (χ1v) is 8.49. The van der Waals surface area contributed by atoms with E-state index in [-0.39, 0.29) is 17.6 Å². The van der Waals surface area contributed by atoms with Gasteiger partial charge in [-0.15, -0.1) is 0 Å². The Morgan fingerprint density at radius 3 is 1.75 bits per heavy atom. The average Bonchev–Trinajstić information content (AvgIpc) is 0.918. The minimum absolute atomic E-state index is 0. The molecule has 0 aliphatic carbocycles. The van der Waals surface area contributed by atoms with Crippen molar-refractivity contribution in [2.45, 2.75) is 6.55 Å². The first kappa shape index (κ1) is 8.88. The van der Waals surface area contributed by atoms with Gasteiger partial charge in [0.05, 0.1) is 0 Å².